The minimum atomic E-state index is -2.12. The predicted octanol–water partition coefficient (Wildman–Crippen LogP) is 10.3. The van der Waals surface area contributed by atoms with E-state index in [1.807, 2.05) is 38.5 Å². The van der Waals surface area contributed by atoms with Gasteiger partial charge in [0.2, 0.25) is 0 Å². The van der Waals surface area contributed by atoms with E-state index in [-0.39, 0.29) is 42.6 Å². The Morgan fingerprint density at radius 3 is 1.60 bits per heavy atom. The van der Waals surface area contributed by atoms with E-state index in [1.165, 1.54) is 99.9 Å². The van der Waals surface area contributed by atoms with Crippen LogP contribution in [0.2, 0.25) is 0 Å². The number of carbonyl (C=O) groups is 1. The molecule has 5 aliphatic rings. The van der Waals surface area contributed by atoms with Gasteiger partial charge in [0.05, 0.1) is 0 Å². The molecule has 313 valence electrons. The molecule has 0 aromatic carbocycles. The van der Waals surface area contributed by atoms with Crippen LogP contribution in [0.1, 0.15) is 98.8 Å². The van der Waals surface area contributed by atoms with Gasteiger partial charge in [-0.25, -0.2) is 0 Å². The van der Waals surface area contributed by atoms with Gasteiger partial charge < -0.3 is 27.1 Å². The van der Waals surface area contributed by atoms with E-state index in [1.54, 1.807) is 0 Å². The number of Topliss-reactive ketones (excluding diaryl/α,β-unsaturated/α-hetero) is 1. The molecule has 0 bridgehead atoms. The summed E-state index contributed by atoms with van der Waals surface area (Å²) < 4.78 is 55.1. The van der Waals surface area contributed by atoms with E-state index in [0.717, 1.165) is 48.3 Å². The maximum atomic E-state index is 12.0. The first-order chi connectivity index (χ1) is 24.2. The molecule has 0 N–H and O–H groups in total. The van der Waals surface area contributed by atoms with Crippen LogP contribution in [0.25, 0.3) is 0 Å². The second-order valence-corrected chi connectivity index (χ2v) is 18.7. The van der Waals surface area contributed by atoms with Crippen molar-refractivity contribution in [3.63, 3.8) is 0 Å². The summed E-state index contributed by atoms with van der Waals surface area (Å²) >= 11 is 0. The molecular formula is C38H69CoO10P3Pd+2. The fraction of sp³-hybridized carbons (Fsp3) is 0.763. The SMILES string of the molecule is CC(C)CCC[C@@H](C)[C@H]1CC[C@H]2[C@@H]3C[CH][C]4[CH]C(=O)CC[C@]4(C)[C@H]3CC[C@]12C.CO[PH](=O)OC.CO[PH](=O)OC.CO[PH](=O)OC.[CH]1[CH][CH][CH][CH]1.[Co].[Pd+2]. The maximum absolute atomic E-state index is 12.0. The van der Waals surface area contributed by atoms with E-state index in [0.29, 0.717) is 11.2 Å². The Kier molecular flexibility index (Phi) is 32.3. The van der Waals surface area contributed by atoms with Crippen molar-refractivity contribution < 1.29 is 82.8 Å². The summed E-state index contributed by atoms with van der Waals surface area (Å²) in [7, 11) is 1.67. The summed E-state index contributed by atoms with van der Waals surface area (Å²) in [5.74, 6) is 7.00. The molecule has 0 unspecified atom stereocenters. The summed E-state index contributed by atoms with van der Waals surface area (Å²) in [6, 6.07) is 0. The number of fused-ring (bicyclic) bond motifs is 5. The molecule has 0 aromatic rings. The first kappa shape index (κ1) is 56.4. The molecule has 10 nitrogen and oxygen atoms in total. The second-order valence-electron chi connectivity index (χ2n) is 14.8. The normalized spacial score (nSPS) is 29.3. The molecule has 5 aliphatic carbocycles. The van der Waals surface area contributed by atoms with Crippen LogP contribution < -0.4 is 0 Å². The third-order valence-corrected chi connectivity index (χ3v) is 13.5. The van der Waals surface area contributed by atoms with Crippen LogP contribution in [0.15, 0.2) is 0 Å². The summed E-state index contributed by atoms with van der Waals surface area (Å²) in [6.07, 6.45) is 27.5. The van der Waals surface area contributed by atoms with Crippen LogP contribution in [0.5, 0.6) is 0 Å². The van der Waals surface area contributed by atoms with Gasteiger partial charge in [-0.2, -0.15) is 0 Å². The third kappa shape index (κ3) is 18.8. The van der Waals surface area contributed by atoms with Gasteiger partial charge in [-0.1, -0.05) is 53.9 Å². The first-order valence-corrected chi connectivity index (χ1v) is 22.0. The maximum Gasteiger partial charge on any atom is 2.00 e. The molecule has 0 heterocycles. The van der Waals surface area contributed by atoms with E-state index < -0.39 is 24.8 Å². The number of rotatable bonds is 11. The Balaban J connectivity index is 0. The Morgan fingerprint density at radius 2 is 1.19 bits per heavy atom. The van der Waals surface area contributed by atoms with E-state index in [4.69, 9.17) is 0 Å². The standard InChI is InChI=1S/C27H43O.C5H5.3C2H7O3P.Co.Pd/c1-18(2)7-6-8-19(3)23-11-12-24-22-10-9-20-17-21(28)13-15-26(20,4)25(22)14-16-27(23,24)5;1-2-4-5-3-1;3*1-4-6(3)5-2;;/h9,17-19,22-25H,6-8,10-16H2,1-5H3;1-5H;3*6H,1-2H3;;/q;;;;;;+2/t19-,22+,23-,24+,25+,26+,27-;;;;;;/m1....../s1. The fourth-order valence-corrected chi connectivity index (χ4v) is 9.39. The van der Waals surface area contributed by atoms with Gasteiger partial charge in [0.1, 0.15) is 5.78 Å². The van der Waals surface area contributed by atoms with Gasteiger partial charge >= 0.3 is 45.2 Å². The van der Waals surface area contributed by atoms with Gasteiger partial charge in [-0.3, -0.25) is 18.5 Å². The quantitative estimate of drug-likeness (QED) is 0.146. The molecule has 0 aliphatic heterocycles. The zero-order chi connectivity index (χ0) is 38.6. The zero-order valence-electron chi connectivity index (χ0n) is 33.8. The van der Waals surface area contributed by atoms with Crippen molar-refractivity contribution in [1.29, 1.82) is 0 Å². The molecule has 0 amide bonds. The molecule has 15 heteroatoms. The zero-order valence-corrected chi connectivity index (χ0v) is 39.4. The first-order valence-electron chi connectivity index (χ1n) is 18.3. The summed E-state index contributed by atoms with van der Waals surface area (Å²) in [6.45, 7) is 12.4. The van der Waals surface area contributed by atoms with Crippen molar-refractivity contribution >= 4 is 30.5 Å². The number of ketones is 1. The van der Waals surface area contributed by atoms with Crippen molar-refractivity contribution in [2.24, 2.45) is 46.3 Å². The summed E-state index contributed by atoms with van der Waals surface area (Å²) in [5.41, 5.74) is 0.841. The van der Waals surface area contributed by atoms with Crippen LogP contribution in [0, 0.1) is 97.2 Å². The Bertz CT molecular complexity index is 992. The molecule has 7 atom stereocenters. The molecule has 5 fully saturated rings. The minimum absolute atomic E-state index is 0. The minimum Gasteiger partial charge on any atom is -0.314 e. The third-order valence-electron chi connectivity index (χ3n) is 11.5. The van der Waals surface area contributed by atoms with Gasteiger partial charge in [-0.05, 0) is 129 Å². The van der Waals surface area contributed by atoms with Crippen LogP contribution in [0.3, 0.4) is 0 Å². The van der Waals surface area contributed by atoms with Gasteiger partial charge in [0.15, 0.2) is 0 Å². The van der Waals surface area contributed by atoms with Gasteiger partial charge in [0.25, 0.3) is 0 Å². The van der Waals surface area contributed by atoms with Gasteiger partial charge in [0, 0.05) is 72.3 Å². The van der Waals surface area contributed by atoms with Crippen molar-refractivity contribution in [1.82, 2.24) is 0 Å². The molecule has 9 radical (unpaired) electrons. The average Bonchev–Trinajstić information content (AvgIpc) is 3.83. The van der Waals surface area contributed by atoms with Crippen molar-refractivity contribution in [3.8, 4) is 0 Å². The number of hydrogen-bond acceptors (Lipinski definition) is 10. The summed E-state index contributed by atoms with van der Waals surface area (Å²) in [5, 5.41) is 0. The molecule has 5 saturated carbocycles. The van der Waals surface area contributed by atoms with Crippen LogP contribution in [-0.4, -0.2) is 48.4 Å². The summed E-state index contributed by atoms with van der Waals surface area (Å²) in [4.78, 5) is 12.0. The van der Waals surface area contributed by atoms with Crippen molar-refractivity contribution in [3.05, 3.63) is 50.9 Å². The molecule has 0 spiro atoms. The van der Waals surface area contributed by atoms with Gasteiger partial charge in [-0.15, -0.1) is 0 Å². The van der Waals surface area contributed by atoms with Crippen LogP contribution >= 0.6 is 24.8 Å². The van der Waals surface area contributed by atoms with Crippen molar-refractivity contribution in [2.45, 2.75) is 98.8 Å². The van der Waals surface area contributed by atoms with E-state index in [2.05, 4.69) is 68.2 Å². The van der Waals surface area contributed by atoms with Crippen molar-refractivity contribution in [2.75, 3.05) is 42.7 Å². The molecule has 0 saturated heterocycles. The molecular weight excluding hydrogens is 875 g/mol. The van der Waals surface area contributed by atoms with Crippen LogP contribution in [-0.2, 0) is 82.8 Å². The van der Waals surface area contributed by atoms with E-state index in [9.17, 15) is 18.5 Å². The van der Waals surface area contributed by atoms with E-state index >= 15 is 0 Å². The van der Waals surface area contributed by atoms with Crippen LogP contribution in [0.4, 0.5) is 0 Å². The monoisotopic (exact) mass is 943 g/mol. The Hall–Kier alpha value is 1.29. The average molecular weight is 944 g/mol. The molecule has 0 aromatic heterocycles. The topological polar surface area (TPSA) is 124 Å². The Labute approximate surface area is 350 Å². The smallest absolute Gasteiger partial charge is 0.314 e. The molecule has 53 heavy (non-hydrogen) atoms. The number of hydrogen-bond donors (Lipinski definition) is 0. The fourth-order valence-electron chi connectivity index (χ4n) is 8.89. The largest absolute Gasteiger partial charge is 2.00 e. The predicted molar refractivity (Wildman–Crippen MR) is 208 cm³/mol. The Morgan fingerprint density at radius 1 is 0.717 bits per heavy atom. The number of carbonyl (C=O) groups excluding carboxylic acids is 1. The second kappa shape index (κ2) is 30.3. The molecule has 5 rings (SSSR count).